The van der Waals surface area contributed by atoms with Crippen molar-refractivity contribution in [3.63, 3.8) is 0 Å². The van der Waals surface area contributed by atoms with Crippen molar-refractivity contribution in [3.05, 3.63) is 35.6 Å². The quantitative estimate of drug-likeness (QED) is 0.495. The van der Waals surface area contributed by atoms with Crippen molar-refractivity contribution in [1.82, 2.24) is 15.5 Å². The van der Waals surface area contributed by atoms with Crippen molar-refractivity contribution in [2.45, 2.75) is 37.1 Å². The molecule has 3 rings (SSSR count). The van der Waals surface area contributed by atoms with E-state index in [2.05, 4.69) is 20.5 Å². The van der Waals surface area contributed by atoms with Gasteiger partial charge >= 0.3 is 0 Å². The maximum absolute atomic E-state index is 13.5. The number of rotatable bonds is 10. The highest BCUT2D eigenvalue weighted by Crippen LogP contribution is 2.47. The van der Waals surface area contributed by atoms with E-state index in [1.54, 1.807) is 26.3 Å². The predicted octanol–water partition coefficient (Wildman–Crippen LogP) is 2.13. The Labute approximate surface area is 156 Å². The van der Waals surface area contributed by atoms with E-state index in [9.17, 15) is 4.39 Å². The number of methoxy groups -OCH3 is 1. The molecule has 2 aliphatic rings. The fourth-order valence-corrected chi connectivity index (χ4v) is 3.45. The van der Waals surface area contributed by atoms with Crippen molar-refractivity contribution >= 4 is 5.96 Å². The van der Waals surface area contributed by atoms with Crippen molar-refractivity contribution < 1.29 is 9.13 Å². The molecule has 0 heterocycles. The number of ether oxygens (including phenoxy) is 1. The van der Waals surface area contributed by atoms with Crippen LogP contribution in [0.4, 0.5) is 4.39 Å². The molecule has 2 aliphatic carbocycles. The zero-order chi connectivity index (χ0) is 18.4. The van der Waals surface area contributed by atoms with Gasteiger partial charge in [-0.05, 0) is 43.4 Å². The summed E-state index contributed by atoms with van der Waals surface area (Å²) in [6.45, 7) is 4.39. The maximum atomic E-state index is 13.5. The molecule has 2 fully saturated rings. The van der Waals surface area contributed by atoms with Gasteiger partial charge in [0, 0.05) is 51.8 Å². The average molecular weight is 362 g/mol. The lowest BCUT2D eigenvalue weighted by molar-refractivity contribution is 0.144. The van der Waals surface area contributed by atoms with E-state index in [0.717, 1.165) is 63.2 Å². The second kappa shape index (κ2) is 8.82. The van der Waals surface area contributed by atoms with Crippen LogP contribution in [-0.2, 0) is 10.2 Å². The molecule has 0 amide bonds. The molecule has 1 aromatic carbocycles. The number of benzene rings is 1. The lowest BCUT2D eigenvalue weighted by atomic mass is 9.96. The third-order valence-electron chi connectivity index (χ3n) is 5.45. The first-order valence-electron chi connectivity index (χ1n) is 9.60. The van der Waals surface area contributed by atoms with Gasteiger partial charge in [-0.2, -0.15) is 0 Å². The maximum Gasteiger partial charge on any atom is 0.191 e. The second-order valence-corrected chi connectivity index (χ2v) is 7.40. The summed E-state index contributed by atoms with van der Waals surface area (Å²) in [4.78, 5) is 6.81. The molecule has 0 saturated heterocycles. The van der Waals surface area contributed by atoms with Gasteiger partial charge in [-0.15, -0.1) is 0 Å². The lowest BCUT2D eigenvalue weighted by Crippen LogP contribution is -2.44. The topological polar surface area (TPSA) is 48.9 Å². The molecule has 1 aromatic rings. The van der Waals surface area contributed by atoms with E-state index in [1.165, 1.54) is 18.9 Å². The monoisotopic (exact) mass is 362 g/mol. The largest absolute Gasteiger partial charge is 0.383 e. The molecule has 0 aromatic heterocycles. The fraction of sp³-hybridized carbons (Fsp3) is 0.650. The van der Waals surface area contributed by atoms with E-state index in [4.69, 9.17) is 4.74 Å². The summed E-state index contributed by atoms with van der Waals surface area (Å²) < 4.78 is 18.7. The zero-order valence-electron chi connectivity index (χ0n) is 15.9. The summed E-state index contributed by atoms with van der Waals surface area (Å²) in [6, 6.07) is 7.71. The van der Waals surface area contributed by atoms with Crippen molar-refractivity contribution in [2.24, 2.45) is 4.99 Å². The highest BCUT2D eigenvalue weighted by Gasteiger charge is 2.44. The molecule has 0 atom stereocenters. The minimum absolute atomic E-state index is 0.0538. The Bertz CT molecular complexity index is 614. The number of nitrogens with one attached hydrogen (secondary N) is 2. The van der Waals surface area contributed by atoms with Gasteiger partial charge < -0.3 is 15.4 Å². The van der Waals surface area contributed by atoms with Crippen LogP contribution < -0.4 is 10.6 Å². The number of nitrogens with zero attached hydrogens (tertiary/aromatic N) is 2. The molecule has 0 spiro atoms. The van der Waals surface area contributed by atoms with Gasteiger partial charge in [0.1, 0.15) is 5.82 Å². The van der Waals surface area contributed by atoms with Crippen LogP contribution in [-0.4, -0.2) is 63.8 Å². The van der Waals surface area contributed by atoms with Crippen LogP contribution in [0.15, 0.2) is 29.3 Å². The van der Waals surface area contributed by atoms with E-state index in [0.29, 0.717) is 0 Å². The summed E-state index contributed by atoms with van der Waals surface area (Å²) in [6.07, 6.45) is 4.78. The Morgan fingerprint density at radius 2 is 2.12 bits per heavy atom. The molecule has 5 nitrogen and oxygen atoms in total. The van der Waals surface area contributed by atoms with Crippen LogP contribution in [0.5, 0.6) is 0 Å². The van der Waals surface area contributed by atoms with Gasteiger partial charge in [0.05, 0.1) is 6.61 Å². The van der Waals surface area contributed by atoms with Crippen molar-refractivity contribution in [3.8, 4) is 0 Å². The molecule has 2 saturated carbocycles. The van der Waals surface area contributed by atoms with Gasteiger partial charge in [0.25, 0.3) is 0 Å². The number of guanidine groups is 1. The molecule has 144 valence electrons. The first-order valence-corrected chi connectivity index (χ1v) is 9.60. The summed E-state index contributed by atoms with van der Waals surface area (Å²) in [5.41, 5.74) is 1.14. The van der Waals surface area contributed by atoms with Crippen LogP contribution in [0.3, 0.4) is 0 Å². The Hall–Kier alpha value is -1.66. The molecule has 0 aliphatic heterocycles. The Balaban J connectivity index is 1.43. The molecule has 26 heavy (non-hydrogen) atoms. The minimum Gasteiger partial charge on any atom is -0.383 e. The third-order valence-corrected chi connectivity index (χ3v) is 5.45. The molecule has 0 bridgehead atoms. The van der Waals surface area contributed by atoms with E-state index in [1.807, 2.05) is 6.07 Å². The van der Waals surface area contributed by atoms with Crippen LogP contribution in [0, 0.1) is 5.82 Å². The highest BCUT2D eigenvalue weighted by atomic mass is 19.1. The normalized spacial score (nSPS) is 18.8. The first-order chi connectivity index (χ1) is 12.7. The van der Waals surface area contributed by atoms with Crippen molar-refractivity contribution in [1.29, 1.82) is 0 Å². The van der Waals surface area contributed by atoms with Gasteiger partial charge in [-0.25, -0.2) is 4.39 Å². The van der Waals surface area contributed by atoms with E-state index >= 15 is 0 Å². The summed E-state index contributed by atoms with van der Waals surface area (Å²) in [5, 5.41) is 6.83. The Morgan fingerprint density at radius 1 is 1.31 bits per heavy atom. The number of halogens is 1. The summed E-state index contributed by atoms with van der Waals surface area (Å²) in [7, 11) is 3.54. The Morgan fingerprint density at radius 3 is 2.73 bits per heavy atom. The molecular weight excluding hydrogens is 331 g/mol. The summed E-state index contributed by atoms with van der Waals surface area (Å²) >= 11 is 0. The van der Waals surface area contributed by atoms with Gasteiger partial charge in [0.2, 0.25) is 0 Å². The number of aliphatic imine (C=N–C) groups is 1. The SMILES string of the molecule is CN=C(NCCN(CCOC)C1CC1)NCC1(c2cccc(F)c2)CC1. The van der Waals surface area contributed by atoms with Gasteiger partial charge in [-0.3, -0.25) is 9.89 Å². The fourth-order valence-electron chi connectivity index (χ4n) is 3.45. The Kier molecular flexibility index (Phi) is 6.48. The third kappa shape index (κ3) is 5.17. The van der Waals surface area contributed by atoms with Crippen molar-refractivity contribution in [2.75, 3.05) is 46.9 Å². The van der Waals surface area contributed by atoms with E-state index in [-0.39, 0.29) is 11.2 Å². The average Bonchev–Trinajstić information content (AvgIpc) is 3.55. The first kappa shape index (κ1) is 19.1. The second-order valence-electron chi connectivity index (χ2n) is 7.40. The van der Waals surface area contributed by atoms with Crippen LogP contribution >= 0.6 is 0 Å². The standard InChI is InChI=1S/C20H31FN4O/c1-22-19(23-10-11-25(12-13-26-2)18-6-7-18)24-15-20(8-9-20)16-4-3-5-17(21)14-16/h3-5,14,18H,6-13,15H2,1-2H3,(H2,22,23,24). The smallest absolute Gasteiger partial charge is 0.191 e. The number of hydrogen-bond donors (Lipinski definition) is 2. The van der Waals surface area contributed by atoms with Gasteiger partial charge in [-0.1, -0.05) is 12.1 Å². The molecule has 0 unspecified atom stereocenters. The van der Waals surface area contributed by atoms with Gasteiger partial charge in [0.15, 0.2) is 5.96 Å². The number of hydrogen-bond acceptors (Lipinski definition) is 3. The minimum atomic E-state index is -0.160. The lowest BCUT2D eigenvalue weighted by Gasteiger charge is -2.23. The van der Waals surface area contributed by atoms with Crippen LogP contribution in [0.25, 0.3) is 0 Å². The molecular formula is C20H31FN4O. The summed E-state index contributed by atoms with van der Waals surface area (Å²) in [5.74, 6) is 0.655. The van der Waals surface area contributed by atoms with E-state index < -0.39 is 0 Å². The molecule has 6 heteroatoms. The highest BCUT2D eigenvalue weighted by molar-refractivity contribution is 5.79. The van der Waals surface area contributed by atoms with Crippen LogP contribution in [0.2, 0.25) is 0 Å². The molecule has 0 radical (unpaired) electrons. The zero-order valence-corrected chi connectivity index (χ0v) is 15.9. The predicted molar refractivity (Wildman–Crippen MR) is 103 cm³/mol. The van der Waals surface area contributed by atoms with Crippen LogP contribution in [0.1, 0.15) is 31.2 Å². The molecule has 2 N–H and O–H groups in total.